The minimum atomic E-state index is -0.623. The minimum Gasteiger partial charge on any atom is -0.336 e. The van der Waals surface area contributed by atoms with Gasteiger partial charge in [-0.15, -0.1) is 0 Å². The number of imidazole rings is 1. The van der Waals surface area contributed by atoms with Crippen molar-refractivity contribution in [1.82, 2.24) is 29.1 Å². The summed E-state index contributed by atoms with van der Waals surface area (Å²) >= 11 is 0. The Morgan fingerprint density at radius 2 is 1.94 bits per heavy atom. The lowest BCUT2D eigenvalue weighted by molar-refractivity contribution is 0.0777. The maximum Gasteiger partial charge on any atom is 0.274 e. The van der Waals surface area contributed by atoms with Crippen LogP contribution in [-0.4, -0.2) is 68.3 Å². The van der Waals surface area contributed by atoms with Gasteiger partial charge < -0.3 is 9.80 Å². The Hall–Kier alpha value is -4.03. The van der Waals surface area contributed by atoms with Crippen LogP contribution in [0.1, 0.15) is 33.9 Å². The second kappa shape index (κ2) is 8.88. The zero-order valence-corrected chi connectivity index (χ0v) is 21.1. The quantitative estimate of drug-likeness (QED) is 0.439. The number of carbonyl (C=O) groups excluding carboxylic acids is 1. The molecule has 36 heavy (non-hydrogen) atoms. The second-order valence-electron chi connectivity index (χ2n) is 9.58. The topological polar surface area (TPSA) is 83.0 Å². The van der Waals surface area contributed by atoms with Crippen LogP contribution in [0.3, 0.4) is 0 Å². The van der Waals surface area contributed by atoms with E-state index < -0.39 is 5.82 Å². The molecule has 0 saturated carbocycles. The number of rotatable bonds is 4. The molecule has 1 saturated heterocycles. The molecule has 0 spiro atoms. The molecule has 2 aromatic heterocycles. The number of likely N-dealkylation sites (tertiary alicyclic amines) is 1. The summed E-state index contributed by atoms with van der Waals surface area (Å²) in [6.45, 7) is 5.17. The van der Waals surface area contributed by atoms with Gasteiger partial charge in [0.05, 0.1) is 16.8 Å². The van der Waals surface area contributed by atoms with Gasteiger partial charge in [0.2, 0.25) is 0 Å². The largest absolute Gasteiger partial charge is 0.336 e. The van der Waals surface area contributed by atoms with Crippen molar-refractivity contribution in [2.75, 3.05) is 27.2 Å². The molecular weight excluding hydrogens is 457 g/mol. The number of aryl methyl sites for hydroxylation is 2. The lowest BCUT2D eigenvalue weighted by Gasteiger charge is -2.20. The third kappa shape index (κ3) is 3.84. The lowest BCUT2D eigenvalue weighted by Crippen LogP contribution is -2.34. The molecule has 3 heterocycles. The summed E-state index contributed by atoms with van der Waals surface area (Å²) in [7, 11) is 5.94. The summed E-state index contributed by atoms with van der Waals surface area (Å²) in [5, 5.41) is 14.7. The van der Waals surface area contributed by atoms with Crippen molar-refractivity contribution >= 4 is 16.8 Å². The number of fused-ring (bicyclic) bond motifs is 1. The molecule has 1 aliphatic rings. The Morgan fingerprint density at radius 3 is 2.61 bits per heavy atom. The number of nitrogens with zero attached hydrogens (tertiary/aromatic N) is 7. The first-order valence-electron chi connectivity index (χ1n) is 11.9. The molecule has 4 aromatic rings. The van der Waals surface area contributed by atoms with Gasteiger partial charge in [0.15, 0.2) is 0 Å². The van der Waals surface area contributed by atoms with Gasteiger partial charge in [0, 0.05) is 48.5 Å². The monoisotopic (exact) mass is 485 g/mol. The summed E-state index contributed by atoms with van der Waals surface area (Å²) in [5.74, 6) is -0.310. The molecule has 8 nitrogen and oxygen atoms in total. The molecule has 184 valence electrons. The van der Waals surface area contributed by atoms with E-state index in [1.807, 2.05) is 73.4 Å². The Kier molecular flexibility index (Phi) is 5.85. The van der Waals surface area contributed by atoms with Gasteiger partial charge >= 0.3 is 0 Å². The van der Waals surface area contributed by atoms with Gasteiger partial charge in [-0.2, -0.15) is 10.4 Å². The van der Waals surface area contributed by atoms with Crippen LogP contribution in [0.5, 0.6) is 0 Å². The molecule has 0 aliphatic carbocycles. The maximum absolute atomic E-state index is 14.6. The van der Waals surface area contributed by atoms with Crippen LogP contribution < -0.4 is 0 Å². The molecule has 0 N–H and O–H groups in total. The van der Waals surface area contributed by atoms with Crippen molar-refractivity contribution in [3.63, 3.8) is 0 Å². The highest BCUT2D eigenvalue weighted by atomic mass is 19.1. The Labute approximate surface area is 209 Å². The van der Waals surface area contributed by atoms with Gasteiger partial charge in [-0.25, -0.2) is 9.37 Å². The number of benzene rings is 2. The van der Waals surface area contributed by atoms with Gasteiger partial charge in [-0.1, -0.05) is 0 Å². The van der Waals surface area contributed by atoms with Crippen LogP contribution in [0, 0.1) is 31.0 Å². The van der Waals surface area contributed by atoms with Crippen LogP contribution in [0.15, 0.2) is 36.4 Å². The second-order valence-corrected chi connectivity index (χ2v) is 9.58. The minimum absolute atomic E-state index is 0.0379. The fourth-order valence-corrected chi connectivity index (χ4v) is 4.91. The van der Waals surface area contributed by atoms with E-state index in [2.05, 4.69) is 10.00 Å². The van der Waals surface area contributed by atoms with Crippen LogP contribution in [0.2, 0.25) is 0 Å². The molecule has 0 bridgehead atoms. The average Bonchev–Trinajstić information content (AvgIpc) is 3.55. The van der Waals surface area contributed by atoms with E-state index in [4.69, 9.17) is 4.98 Å². The van der Waals surface area contributed by atoms with Crippen LogP contribution >= 0.6 is 0 Å². The number of hydrogen-bond acceptors (Lipinski definition) is 5. The first kappa shape index (κ1) is 23.7. The van der Waals surface area contributed by atoms with E-state index in [9.17, 15) is 14.4 Å². The summed E-state index contributed by atoms with van der Waals surface area (Å²) in [6, 6.07) is 12.5. The third-order valence-corrected chi connectivity index (χ3v) is 7.21. The number of hydrogen-bond donors (Lipinski definition) is 0. The van der Waals surface area contributed by atoms with E-state index in [0.29, 0.717) is 41.9 Å². The van der Waals surface area contributed by atoms with Crippen molar-refractivity contribution < 1.29 is 9.18 Å². The molecule has 5 rings (SSSR count). The number of halogens is 1. The number of aromatic nitrogens is 4. The molecule has 1 aliphatic heterocycles. The van der Waals surface area contributed by atoms with Crippen molar-refractivity contribution in [2.45, 2.75) is 26.3 Å². The molecule has 1 amide bonds. The standard InChI is InChI=1S/C27H28FN7O/c1-16-22-13-20(8-9-24(22)31-33(16)5)35-17(2)25(27(36)34-11-10-21(15-34)32(3)4)30-26(35)18-6-7-19(14-29)23(28)12-18/h6-9,12-13,21H,10-11,15H2,1-5H3/t21-/m0/s1. The van der Waals surface area contributed by atoms with Crippen molar-refractivity contribution in [3.05, 3.63) is 64.9 Å². The van der Waals surface area contributed by atoms with E-state index in [0.717, 1.165) is 28.7 Å². The van der Waals surface area contributed by atoms with Gasteiger partial charge in [0.25, 0.3) is 5.91 Å². The van der Waals surface area contributed by atoms with E-state index >= 15 is 0 Å². The maximum atomic E-state index is 14.6. The van der Waals surface area contributed by atoms with Gasteiger partial charge in [-0.3, -0.25) is 14.0 Å². The Balaban J connectivity index is 1.67. The van der Waals surface area contributed by atoms with Crippen molar-refractivity contribution in [3.8, 4) is 23.1 Å². The van der Waals surface area contributed by atoms with Gasteiger partial charge in [0.1, 0.15) is 23.4 Å². The third-order valence-electron chi connectivity index (χ3n) is 7.21. The zero-order valence-electron chi connectivity index (χ0n) is 21.1. The van der Waals surface area contributed by atoms with Crippen LogP contribution in [-0.2, 0) is 7.05 Å². The average molecular weight is 486 g/mol. The summed E-state index contributed by atoms with van der Waals surface area (Å²) in [5.41, 5.74) is 4.15. The summed E-state index contributed by atoms with van der Waals surface area (Å²) < 4.78 is 18.3. The first-order valence-corrected chi connectivity index (χ1v) is 11.9. The smallest absolute Gasteiger partial charge is 0.274 e. The lowest BCUT2D eigenvalue weighted by atomic mass is 10.1. The number of likely N-dealkylation sites (N-methyl/N-ethyl adjacent to an activating group) is 1. The molecule has 0 unspecified atom stereocenters. The molecule has 2 aromatic carbocycles. The number of carbonyl (C=O) groups is 1. The zero-order chi connectivity index (χ0) is 25.7. The fraction of sp³-hybridized carbons (Fsp3) is 0.333. The Bertz CT molecular complexity index is 1540. The van der Waals surface area contributed by atoms with Crippen LogP contribution in [0.4, 0.5) is 4.39 Å². The molecule has 1 atom stereocenters. The normalized spacial score (nSPS) is 15.7. The molecular formula is C27H28FN7O. The van der Waals surface area contributed by atoms with Gasteiger partial charge in [-0.05, 0) is 70.8 Å². The highest BCUT2D eigenvalue weighted by molar-refractivity contribution is 5.95. The highest BCUT2D eigenvalue weighted by Crippen LogP contribution is 2.31. The number of amides is 1. The summed E-state index contributed by atoms with van der Waals surface area (Å²) in [6.07, 6.45) is 0.906. The van der Waals surface area contributed by atoms with Crippen molar-refractivity contribution in [2.24, 2.45) is 7.05 Å². The predicted molar refractivity (Wildman–Crippen MR) is 135 cm³/mol. The Morgan fingerprint density at radius 1 is 1.17 bits per heavy atom. The molecule has 9 heteroatoms. The van der Waals surface area contributed by atoms with Crippen molar-refractivity contribution in [1.29, 1.82) is 5.26 Å². The highest BCUT2D eigenvalue weighted by Gasteiger charge is 2.32. The van der Waals surface area contributed by atoms with E-state index in [1.54, 1.807) is 6.07 Å². The molecule has 0 radical (unpaired) electrons. The first-order chi connectivity index (χ1) is 17.2. The number of nitriles is 1. The van der Waals surface area contributed by atoms with Crippen LogP contribution in [0.25, 0.3) is 28.0 Å². The summed E-state index contributed by atoms with van der Waals surface area (Å²) in [4.78, 5) is 22.3. The fourth-order valence-electron chi connectivity index (χ4n) is 4.91. The van der Waals surface area contributed by atoms with E-state index in [-0.39, 0.29) is 11.5 Å². The molecule has 1 fully saturated rings. The SMILES string of the molecule is Cc1c2cc(-n3c(-c4ccc(C#N)c(F)c4)nc(C(=O)N4CC[C@H](N(C)C)C4)c3C)ccc2nn1C. The predicted octanol–water partition coefficient (Wildman–Crippen LogP) is 3.83. The van der Waals surface area contributed by atoms with E-state index in [1.165, 1.54) is 12.1 Å².